The molecule has 23 heavy (non-hydrogen) atoms. The summed E-state index contributed by atoms with van der Waals surface area (Å²) in [6.45, 7) is 2.20. The molecular formula is C18H18N2OS2. The van der Waals surface area contributed by atoms with Crippen molar-refractivity contribution in [3.63, 3.8) is 0 Å². The molecule has 0 saturated carbocycles. The number of nitrogens with zero attached hydrogens (tertiary/aromatic N) is 1. The summed E-state index contributed by atoms with van der Waals surface area (Å²) in [5.41, 5.74) is 2.46. The van der Waals surface area contributed by atoms with Crippen LogP contribution in [0.2, 0.25) is 0 Å². The maximum Gasteiger partial charge on any atom is 0.255 e. The third-order valence-electron chi connectivity index (χ3n) is 3.39. The Bertz CT molecular complexity index is 799. The topological polar surface area (TPSA) is 42.0 Å². The molecule has 5 heteroatoms. The van der Waals surface area contributed by atoms with Gasteiger partial charge in [0.05, 0.1) is 10.2 Å². The van der Waals surface area contributed by atoms with Gasteiger partial charge < -0.3 is 5.32 Å². The summed E-state index contributed by atoms with van der Waals surface area (Å²) in [4.78, 5) is 16.8. The first-order valence-electron chi connectivity index (χ1n) is 7.66. The smallest absolute Gasteiger partial charge is 0.255 e. The SMILES string of the molecule is CCCCSc1nc2ccc(NC(=O)c3ccccc3)cc2s1. The summed E-state index contributed by atoms with van der Waals surface area (Å²) in [6.07, 6.45) is 2.41. The number of thioether (sulfide) groups is 1. The van der Waals surface area contributed by atoms with Crippen LogP contribution < -0.4 is 5.32 Å². The molecule has 2 aromatic carbocycles. The Morgan fingerprint density at radius 3 is 2.83 bits per heavy atom. The molecule has 1 amide bonds. The average Bonchev–Trinajstić information content (AvgIpc) is 2.98. The van der Waals surface area contributed by atoms with E-state index in [-0.39, 0.29) is 5.91 Å². The molecule has 0 unspecified atom stereocenters. The Labute approximate surface area is 144 Å². The van der Waals surface area contributed by atoms with Gasteiger partial charge in [-0.05, 0) is 36.8 Å². The van der Waals surface area contributed by atoms with Gasteiger partial charge in [-0.25, -0.2) is 4.98 Å². The highest BCUT2D eigenvalue weighted by Crippen LogP contribution is 2.31. The molecule has 0 aliphatic rings. The van der Waals surface area contributed by atoms with Crippen molar-refractivity contribution in [1.29, 1.82) is 0 Å². The summed E-state index contributed by atoms with van der Waals surface area (Å²) in [6, 6.07) is 15.1. The van der Waals surface area contributed by atoms with Gasteiger partial charge in [0.25, 0.3) is 5.91 Å². The van der Waals surface area contributed by atoms with Crippen molar-refractivity contribution in [2.24, 2.45) is 0 Å². The number of aromatic nitrogens is 1. The minimum Gasteiger partial charge on any atom is -0.322 e. The van der Waals surface area contributed by atoms with Crippen LogP contribution in [0.25, 0.3) is 10.2 Å². The molecule has 0 radical (unpaired) electrons. The Kier molecular flexibility index (Phi) is 5.31. The monoisotopic (exact) mass is 342 g/mol. The lowest BCUT2D eigenvalue weighted by molar-refractivity contribution is 0.102. The zero-order valence-electron chi connectivity index (χ0n) is 12.9. The second-order valence-electron chi connectivity index (χ2n) is 5.18. The first kappa shape index (κ1) is 16.0. The first-order chi connectivity index (χ1) is 11.3. The molecule has 0 bridgehead atoms. The van der Waals surface area contributed by atoms with Crippen molar-refractivity contribution < 1.29 is 4.79 Å². The number of nitrogens with one attached hydrogen (secondary N) is 1. The molecule has 3 rings (SSSR count). The van der Waals surface area contributed by atoms with Crippen molar-refractivity contribution in [3.8, 4) is 0 Å². The largest absolute Gasteiger partial charge is 0.322 e. The fourth-order valence-corrected chi connectivity index (χ4v) is 4.40. The van der Waals surface area contributed by atoms with Crippen molar-refractivity contribution in [2.75, 3.05) is 11.1 Å². The molecule has 0 aliphatic carbocycles. The van der Waals surface area contributed by atoms with Gasteiger partial charge in [0.2, 0.25) is 0 Å². The van der Waals surface area contributed by atoms with Crippen LogP contribution >= 0.6 is 23.1 Å². The molecule has 0 spiro atoms. The number of unbranched alkanes of at least 4 members (excludes halogenated alkanes) is 1. The quantitative estimate of drug-likeness (QED) is 0.479. The van der Waals surface area contributed by atoms with Crippen LogP contribution in [0.15, 0.2) is 52.9 Å². The zero-order valence-corrected chi connectivity index (χ0v) is 14.5. The molecule has 0 saturated heterocycles. The van der Waals surface area contributed by atoms with Gasteiger partial charge in [0.15, 0.2) is 4.34 Å². The van der Waals surface area contributed by atoms with Crippen molar-refractivity contribution >= 4 is 44.9 Å². The van der Waals surface area contributed by atoms with Crippen LogP contribution in [0.3, 0.4) is 0 Å². The van der Waals surface area contributed by atoms with Crippen LogP contribution in [0, 0.1) is 0 Å². The Morgan fingerprint density at radius 2 is 2.04 bits per heavy atom. The van der Waals surface area contributed by atoms with E-state index in [1.54, 1.807) is 11.3 Å². The van der Waals surface area contributed by atoms with Crippen molar-refractivity contribution in [2.45, 2.75) is 24.1 Å². The third-order valence-corrected chi connectivity index (χ3v) is 5.63. The average molecular weight is 342 g/mol. The van der Waals surface area contributed by atoms with E-state index >= 15 is 0 Å². The summed E-state index contributed by atoms with van der Waals surface area (Å²) in [5.74, 6) is 1.01. The number of benzene rings is 2. The van der Waals surface area contributed by atoms with Crippen molar-refractivity contribution in [3.05, 3.63) is 54.1 Å². The van der Waals surface area contributed by atoms with Crippen LogP contribution in [-0.2, 0) is 0 Å². The number of rotatable bonds is 6. The highest BCUT2D eigenvalue weighted by Gasteiger charge is 2.08. The fourth-order valence-electron chi connectivity index (χ4n) is 2.14. The van der Waals surface area contributed by atoms with Crippen LogP contribution in [0.4, 0.5) is 5.69 Å². The van der Waals surface area contributed by atoms with E-state index in [9.17, 15) is 4.79 Å². The molecule has 3 nitrogen and oxygen atoms in total. The van der Waals surface area contributed by atoms with Crippen LogP contribution in [0.1, 0.15) is 30.1 Å². The number of fused-ring (bicyclic) bond motifs is 1. The minimum absolute atomic E-state index is 0.0907. The van der Waals surface area contributed by atoms with E-state index in [1.807, 2.05) is 60.3 Å². The van der Waals surface area contributed by atoms with Gasteiger partial charge >= 0.3 is 0 Å². The number of carbonyl (C=O) groups excluding carboxylic acids is 1. The molecule has 3 aromatic rings. The van der Waals surface area contributed by atoms with Gasteiger partial charge in [-0.15, -0.1) is 11.3 Å². The molecule has 1 heterocycles. The van der Waals surface area contributed by atoms with Crippen LogP contribution in [0.5, 0.6) is 0 Å². The lowest BCUT2D eigenvalue weighted by atomic mass is 10.2. The molecule has 118 valence electrons. The van der Waals surface area contributed by atoms with Crippen LogP contribution in [-0.4, -0.2) is 16.6 Å². The lowest BCUT2D eigenvalue weighted by Crippen LogP contribution is -2.11. The molecule has 0 fully saturated rings. The van der Waals surface area contributed by atoms with E-state index in [0.717, 1.165) is 26.0 Å². The number of anilines is 1. The highest BCUT2D eigenvalue weighted by atomic mass is 32.2. The first-order valence-corrected chi connectivity index (χ1v) is 9.46. The second-order valence-corrected chi connectivity index (χ2v) is 7.56. The Morgan fingerprint density at radius 1 is 1.22 bits per heavy atom. The Hall–Kier alpha value is -1.85. The van der Waals surface area contributed by atoms with E-state index in [1.165, 1.54) is 12.8 Å². The predicted molar refractivity (Wildman–Crippen MR) is 99.6 cm³/mol. The standard InChI is InChI=1S/C18H18N2OS2/c1-2-3-11-22-18-20-15-10-9-14(12-16(15)23-18)19-17(21)13-7-5-4-6-8-13/h4-10,12H,2-3,11H2,1H3,(H,19,21). The molecule has 0 aliphatic heterocycles. The maximum absolute atomic E-state index is 12.2. The number of thiazole rings is 1. The molecule has 0 atom stereocenters. The van der Waals surface area contributed by atoms with E-state index < -0.39 is 0 Å². The molecular weight excluding hydrogens is 324 g/mol. The lowest BCUT2D eigenvalue weighted by Gasteiger charge is -2.04. The van der Waals surface area contributed by atoms with Gasteiger partial charge in [-0.2, -0.15) is 0 Å². The molecule has 1 aromatic heterocycles. The summed E-state index contributed by atoms with van der Waals surface area (Å²) in [5, 5.41) is 2.95. The third kappa shape index (κ3) is 4.12. The predicted octanol–water partition coefficient (Wildman–Crippen LogP) is 5.44. The van der Waals surface area contributed by atoms with Gasteiger partial charge in [-0.3, -0.25) is 4.79 Å². The summed E-state index contributed by atoms with van der Waals surface area (Å²) in [7, 11) is 0. The minimum atomic E-state index is -0.0907. The number of amides is 1. The van der Waals surface area contributed by atoms with Gasteiger partial charge in [-0.1, -0.05) is 43.3 Å². The highest BCUT2D eigenvalue weighted by molar-refractivity contribution is 8.01. The van der Waals surface area contributed by atoms with E-state index in [4.69, 9.17) is 0 Å². The normalized spacial score (nSPS) is 10.8. The van der Waals surface area contributed by atoms with E-state index in [2.05, 4.69) is 17.2 Å². The molecule has 1 N–H and O–H groups in total. The maximum atomic E-state index is 12.2. The fraction of sp³-hybridized carbons (Fsp3) is 0.222. The number of hydrogen-bond acceptors (Lipinski definition) is 4. The van der Waals surface area contributed by atoms with E-state index in [0.29, 0.717) is 5.56 Å². The Balaban J connectivity index is 1.73. The second kappa shape index (κ2) is 7.62. The van der Waals surface area contributed by atoms with Crippen molar-refractivity contribution in [1.82, 2.24) is 4.98 Å². The zero-order chi connectivity index (χ0) is 16.1. The van der Waals surface area contributed by atoms with Gasteiger partial charge in [0.1, 0.15) is 0 Å². The number of carbonyl (C=O) groups is 1. The number of hydrogen-bond donors (Lipinski definition) is 1. The summed E-state index contributed by atoms with van der Waals surface area (Å²) >= 11 is 3.49. The summed E-state index contributed by atoms with van der Waals surface area (Å²) < 4.78 is 2.20. The van der Waals surface area contributed by atoms with Gasteiger partial charge in [0, 0.05) is 17.0 Å².